The highest BCUT2D eigenvalue weighted by Gasteiger charge is 2.09. The number of fused-ring (bicyclic) bond motifs is 5. The van der Waals surface area contributed by atoms with Gasteiger partial charge in [0.1, 0.15) is 0 Å². The van der Waals surface area contributed by atoms with Crippen LogP contribution in [0.25, 0.3) is 26.2 Å². The normalized spacial score (nSPS) is 11.8. The van der Waals surface area contributed by atoms with Crippen molar-refractivity contribution in [3.63, 3.8) is 0 Å². The van der Waals surface area contributed by atoms with E-state index in [1.54, 1.807) is 11.3 Å². The Labute approximate surface area is 95.8 Å². The van der Waals surface area contributed by atoms with Crippen molar-refractivity contribution >= 4 is 37.5 Å². The number of rotatable bonds is 0. The minimum absolute atomic E-state index is 1.07. The first-order chi connectivity index (χ1) is 7.93. The maximum absolute atomic E-state index is 4.63. The Balaban J connectivity index is 2.38. The van der Waals surface area contributed by atoms with Crippen molar-refractivity contribution in [2.75, 3.05) is 0 Å². The van der Waals surface area contributed by atoms with E-state index < -0.39 is 0 Å². The van der Waals surface area contributed by atoms with Gasteiger partial charge in [0.15, 0.2) is 4.96 Å². The molecule has 0 saturated heterocycles. The molecule has 2 aromatic carbocycles. The molecule has 0 unspecified atom stereocenters. The lowest BCUT2D eigenvalue weighted by molar-refractivity contribution is 1.35. The van der Waals surface area contributed by atoms with Crippen molar-refractivity contribution < 1.29 is 0 Å². The molecule has 2 aromatic heterocycles. The summed E-state index contributed by atoms with van der Waals surface area (Å²) in [4.78, 5) is 5.71. The lowest BCUT2D eigenvalue weighted by atomic mass is 10.3. The standard InChI is InChI=1S/C13H8N2S/c1-2-6-10-9(5-1)14-13-15(10)11-7-3-4-8-12(11)16-13/h1-8H. The van der Waals surface area contributed by atoms with Crippen LogP contribution >= 0.6 is 11.3 Å². The highest BCUT2D eigenvalue weighted by molar-refractivity contribution is 7.23. The maximum atomic E-state index is 4.63. The summed E-state index contributed by atoms with van der Waals surface area (Å²) in [6, 6.07) is 16.7. The van der Waals surface area contributed by atoms with Gasteiger partial charge in [0.2, 0.25) is 0 Å². The number of hydrogen-bond donors (Lipinski definition) is 0. The molecule has 0 spiro atoms. The summed E-state index contributed by atoms with van der Waals surface area (Å²) in [5.41, 5.74) is 3.51. The molecule has 0 fully saturated rings. The molecule has 0 radical (unpaired) electrons. The van der Waals surface area contributed by atoms with Crippen molar-refractivity contribution in [1.29, 1.82) is 0 Å². The van der Waals surface area contributed by atoms with Crippen LogP contribution in [-0.4, -0.2) is 9.38 Å². The van der Waals surface area contributed by atoms with Gasteiger partial charge in [0.05, 0.1) is 21.3 Å². The van der Waals surface area contributed by atoms with Crippen LogP contribution in [0.5, 0.6) is 0 Å². The predicted octanol–water partition coefficient (Wildman–Crippen LogP) is 3.70. The number of nitrogens with zero attached hydrogens (tertiary/aromatic N) is 2. The van der Waals surface area contributed by atoms with Gasteiger partial charge in [-0.2, -0.15) is 0 Å². The molecular formula is C13H8N2S. The van der Waals surface area contributed by atoms with Crippen molar-refractivity contribution in [1.82, 2.24) is 9.38 Å². The number of thiazole rings is 1. The number of benzene rings is 2. The molecule has 0 aliphatic heterocycles. The van der Waals surface area contributed by atoms with E-state index in [2.05, 4.69) is 51.8 Å². The van der Waals surface area contributed by atoms with Gasteiger partial charge in [-0.15, -0.1) is 0 Å². The smallest absolute Gasteiger partial charge is 0.195 e. The molecule has 0 N–H and O–H groups in total. The van der Waals surface area contributed by atoms with Crippen LogP contribution < -0.4 is 0 Å². The van der Waals surface area contributed by atoms with Crippen molar-refractivity contribution in [2.24, 2.45) is 0 Å². The Bertz CT molecular complexity index is 745. The van der Waals surface area contributed by atoms with E-state index in [0.717, 1.165) is 10.5 Å². The zero-order chi connectivity index (χ0) is 10.5. The van der Waals surface area contributed by atoms with Gasteiger partial charge in [-0.05, 0) is 24.3 Å². The molecule has 2 nitrogen and oxygen atoms in total. The largest absolute Gasteiger partial charge is 0.283 e. The van der Waals surface area contributed by atoms with Crippen LogP contribution in [0.1, 0.15) is 0 Å². The predicted molar refractivity (Wildman–Crippen MR) is 68.1 cm³/mol. The molecule has 3 heteroatoms. The third-order valence-corrected chi connectivity index (χ3v) is 3.86. The van der Waals surface area contributed by atoms with Crippen molar-refractivity contribution in [3.8, 4) is 0 Å². The monoisotopic (exact) mass is 224 g/mol. The first-order valence-electron chi connectivity index (χ1n) is 5.18. The fraction of sp³-hybridized carbons (Fsp3) is 0. The van der Waals surface area contributed by atoms with Crippen LogP contribution in [0.2, 0.25) is 0 Å². The van der Waals surface area contributed by atoms with Crippen LogP contribution in [0.3, 0.4) is 0 Å². The first kappa shape index (κ1) is 8.30. The second-order valence-electron chi connectivity index (χ2n) is 3.79. The summed E-state index contributed by atoms with van der Waals surface area (Å²) in [6.45, 7) is 0. The van der Waals surface area contributed by atoms with Crippen LogP contribution in [0.4, 0.5) is 0 Å². The Morgan fingerprint density at radius 2 is 1.62 bits per heavy atom. The highest BCUT2D eigenvalue weighted by Crippen LogP contribution is 2.29. The molecule has 0 bridgehead atoms. The zero-order valence-electron chi connectivity index (χ0n) is 8.42. The molecule has 4 rings (SSSR count). The Morgan fingerprint density at radius 1 is 0.875 bits per heavy atom. The fourth-order valence-electron chi connectivity index (χ4n) is 2.13. The lowest BCUT2D eigenvalue weighted by Gasteiger charge is -1.92. The van der Waals surface area contributed by atoms with Gasteiger partial charge >= 0.3 is 0 Å². The molecule has 76 valence electrons. The van der Waals surface area contributed by atoms with E-state index in [9.17, 15) is 0 Å². The first-order valence-corrected chi connectivity index (χ1v) is 6.00. The molecule has 2 heterocycles. The maximum Gasteiger partial charge on any atom is 0.195 e. The van der Waals surface area contributed by atoms with E-state index in [4.69, 9.17) is 0 Å². The van der Waals surface area contributed by atoms with Gasteiger partial charge in [-0.1, -0.05) is 35.6 Å². The summed E-state index contributed by atoms with van der Waals surface area (Å²) in [5, 5.41) is 0. The van der Waals surface area contributed by atoms with Crippen molar-refractivity contribution in [2.45, 2.75) is 0 Å². The van der Waals surface area contributed by atoms with Gasteiger partial charge in [0, 0.05) is 0 Å². The minimum atomic E-state index is 1.07. The second kappa shape index (κ2) is 2.83. The van der Waals surface area contributed by atoms with Gasteiger partial charge in [-0.25, -0.2) is 4.98 Å². The van der Waals surface area contributed by atoms with Gasteiger partial charge < -0.3 is 0 Å². The van der Waals surface area contributed by atoms with E-state index >= 15 is 0 Å². The quantitative estimate of drug-likeness (QED) is 0.445. The summed E-state index contributed by atoms with van der Waals surface area (Å²) in [5.74, 6) is 0. The summed E-state index contributed by atoms with van der Waals surface area (Å²) in [6.07, 6.45) is 0. The zero-order valence-corrected chi connectivity index (χ0v) is 9.24. The van der Waals surface area contributed by atoms with Crippen LogP contribution in [0, 0.1) is 0 Å². The summed E-state index contributed by atoms with van der Waals surface area (Å²) < 4.78 is 3.52. The number of imidazole rings is 1. The van der Waals surface area contributed by atoms with Gasteiger partial charge in [0.25, 0.3) is 0 Å². The number of hydrogen-bond acceptors (Lipinski definition) is 2. The fourth-order valence-corrected chi connectivity index (χ4v) is 3.17. The highest BCUT2D eigenvalue weighted by atomic mass is 32.1. The molecule has 0 amide bonds. The van der Waals surface area contributed by atoms with Crippen molar-refractivity contribution in [3.05, 3.63) is 48.5 Å². The van der Waals surface area contributed by atoms with E-state index in [-0.39, 0.29) is 0 Å². The second-order valence-corrected chi connectivity index (χ2v) is 4.80. The Kier molecular flexibility index (Phi) is 1.47. The Morgan fingerprint density at radius 3 is 2.56 bits per heavy atom. The number of para-hydroxylation sites is 3. The average Bonchev–Trinajstić information content (AvgIpc) is 2.83. The van der Waals surface area contributed by atoms with Crippen LogP contribution in [0.15, 0.2) is 48.5 Å². The third-order valence-electron chi connectivity index (χ3n) is 2.84. The third kappa shape index (κ3) is 0.933. The van der Waals surface area contributed by atoms with E-state index in [1.807, 2.05) is 6.07 Å². The summed E-state index contributed by atoms with van der Waals surface area (Å²) in [7, 11) is 0. The molecular weight excluding hydrogens is 216 g/mol. The van der Waals surface area contributed by atoms with E-state index in [0.29, 0.717) is 0 Å². The molecule has 16 heavy (non-hydrogen) atoms. The lowest BCUT2D eigenvalue weighted by Crippen LogP contribution is -1.78. The number of aromatic nitrogens is 2. The molecule has 0 saturated carbocycles. The van der Waals surface area contributed by atoms with Crippen LogP contribution in [-0.2, 0) is 0 Å². The van der Waals surface area contributed by atoms with E-state index in [1.165, 1.54) is 15.7 Å². The minimum Gasteiger partial charge on any atom is -0.283 e. The molecule has 4 aromatic rings. The molecule has 0 atom stereocenters. The topological polar surface area (TPSA) is 17.3 Å². The summed E-state index contributed by atoms with van der Waals surface area (Å²) >= 11 is 1.74. The van der Waals surface area contributed by atoms with Gasteiger partial charge in [-0.3, -0.25) is 4.40 Å². The average molecular weight is 224 g/mol. The molecule has 0 aliphatic rings. The SMILES string of the molecule is c1ccc2c(c1)nc1sc3ccccc3n12. The Hall–Kier alpha value is -1.87. The molecule has 0 aliphatic carbocycles.